The molecule has 10 heavy (non-hydrogen) atoms. The Balaban J connectivity index is 2.76. The van der Waals surface area contributed by atoms with Crippen LogP contribution >= 0.6 is 0 Å². The standard InChI is InChI=1S/C9H13F/c1-3-8-4-5-9(10)7(2)6-8/h6H,3-5H2,1-2H3. The lowest BCUT2D eigenvalue weighted by Gasteiger charge is -2.10. The second-order valence-electron chi connectivity index (χ2n) is 2.74. The quantitative estimate of drug-likeness (QED) is 0.524. The van der Waals surface area contributed by atoms with Crippen LogP contribution in [0.5, 0.6) is 0 Å². The monoisotopic (exact) mass is 140 g/mol. The third-order valence-electron chi connectivity index (χ3n) is 1.97. The van der Waals surface area contributed by atoms with Crippen molar-refractivity contribution < 1.29 is 4.39 Å². The van der Waals surface area contributed by atoms with E-state index in [1.807, 2.05) is 13.0 Å². The summed E-state index contributed by atoms with van der Waals surface area (Å²) in [5, 5.41) is 0. The van der Waals surface area contributed by atoms with Crippen molar-refractivity contribution in [2.24, 2.45) is 0 Å². The molecule has 0 fully saturated rings. The fraction of sp³-hybridized carbons (Fsp3) is 0.556. The zero-order chi connectivity index (χ0) is 7.56. The summed E-state index contributed by atoms with van der Waals surface area (Å²) >= 11 is 0. The summed E-state index contributed by atoms with van der Waals surface area (Å²) in [6, 6.07) is 0. The van der Waals surface area contributed by atoms with Gasteiger partial charge in [0.25, 0.3) is 0 Å². The van der Waals surface area contributed by atoms with E-state index in [0.717, 1.165) is 18.4 Å². The number of rotatable bonds is 1. The first-order valence-corrected chi connectivity index (χ1v) is 3.78. The Bertz CT molecular complexity index is 187. The van der Waals surface area contributed by atoms with E-state index in [9.17, 15) is 4.39 Å². The second-order valence-corrected chi connectivity index (χ2v) is 2.74. The molecule has 56 valence electrons. The maximum Gasteiger partial charge on any atom is 0.103 e. The highest BCUT2D eigenvalue weighted by Crippen LogP contribution is 2.25. The van der Waals surface area contributed by atoms with E-state index in [1.165, 1.54) is 5.57 Å². The zero-order valence-electron chi connectivity index (χ0n) is 6.58. The lowest BCUT2D eigenvalue weighted by Crippen LogP contribution is -1.92. The minimum atomic E-state index is 0.0669. The van der Waals surface area contributed by atoms with Crippen LogP contribution in [0.25, 0.3) is 0 Å². The molecule has 0 nitrogen and oxygen atoms in total. The van der Waals surface area contributed by atoms with Gasteiger partial charge in [0.1, 0.15) is 5.83 Å². The van der Waals surface area contributed by atoms with Crippen molar-refractivity contribution in [3.63, 3.8) is 0 Å². The van der Waals surface area contributed by atoms with Crippen LogP contribution in [0.15, 0.2) is 23.0 Å². The Hall–Kier alpha value is -0.590. The van der Waals surface area contributed by atoms with Crippen molar-refractivity contribution in [3.8, 4) is 0 Å². The van der Waals surface area contributed by atoms with Gasteiger partial charge in [-0.1, -0.05) is 18.6 Å². The van der Waals surface area contributed by atoms with Crippen molar-refractivity contribution in [2.75, 3.05) is 0 Å². The molecule has 0 heterocycles. The van der Waals surface area contributed by atoms with Gasteiger partial charge in [-0.25, -0.2) is 4.39 Å². The number of halogens is 1. The Morgan fingerprint density at radius 1 is 1.50 bits per heavy atom. The van der Waals surface area contributed by atoms with Gasteiger partial charge >= 0.3 is 0 Å². The van der Waals surface area contributed by atoms with E-state index in [-0.39, 0.29) is 5.83 Å². The van der Waals surface area contributed by atoms with E-state index in [4.69, 9.17) is 0 Å². The molecule has 0 aromatic rings. The Kier molecular flexibility index (Phi) is 2.25. The predicted molar refractivity (Wildman–Crippen MR) is 41.4 cm³/mol. The van der Waals surface area contributed by atoms with Crippen LogP contribution < -0.4 is 0 Å². The smallest absolute Gasteiger partial charge is 0.103 e. The highest BCUT2D eigenvalue weighted by molar-refractivity contribution is 5.28. The van der Waals surface area contributed by atoms with Gasteiger partial charge in [-0.15, -0.1) is 0 Å². The van der Waals surface area contributed by atoms with Crippen molar-refractivity contribution in [1.82, 2.24) is 0 Å². The van der Waals surface area contributed by atoms with Crippen LogP contribution in [0.4, 0.5) is 4.39 Å². The summed E-state index contributed by atoms with van der Waals surface area (Å²) < 4.78 is 12.7. The molecule has 1 rings (SSSR count). The van der Waals surface area contributed by atoms with E-state index < -0.39 is 0 Å². The summed E-state index contributed by atoms with van der Waals surface area (Å²) in [5.41, 5.74) is 2.20. The van der Waals surface area contributed by atoms with Gasteiger partial charge in [0.2, 0.25) is 0 Å². The zero-order valence-corrected chi connectivity index (χ0v) is 6.58. The molecule has 1 aliphatic rings. The maximum atomic E-state index is 12.7. The largest absolute Gasteiger partial charge is 0.212 e. The second kappa shape index (κ2) is 3.00. The molecular formula is C9H13F. The van der Waals surface area contributed by atoms with Crippen molar-refractivity contribution in [1.29, 1.82) is 0 Å². The molecule has 0 N–H and O–H groups in total. The molecule has 0 saturated heterocycles. The van der Waals surface area contributed by atoms with Gasteiger partial charge in [-0.05, 0) is 25.3 Å². The Morgan fingerprint density at radius 3 is 2.70 bits per heavy atom. The molecule has 1 heteroatoms. The minimum Gasteiger partial charge on any atom is -0.212 e. The molecule has 0 aliphatic heterocycles. The SMILES string of the molecule is CCC1=CC(C)=C(F)CC1. The Labute approximate surface area is 61.4 Å². The summed E-state index contributed by atoms with van der Waals surface area (Å²) in [7, 11) is 0. The third kappa shape index (κ3) is 1.47. The summed E-state index contributed by atoms with van der Waals surface area (Å²) in [5.74, 6) is 0.0669. The highest BCUT2D eigenvalue weighted by Gasteiger charge is 2.07. The van der Waals surface area contributed by atoms with Crippen molar-refractivity contribution in [3.05, 3.63) is 23.0 Å². The highest BCUT2D eigenvalue weighted by atomic mass is 19.1. The van der Waals surface area contributed by atoms with Gasteiger partial charge < -0.3 is 0 Å². The molecule has 0 unspecified atom stereocenters. The van der Waals surface area contributed by atoms with Crippen LogP contribution in [0.1, 0.15) is 33.1 Å². The third-order valence-corrected chi connectivity index (χ3v) is 1.97. The fourth-order valence-corrected chi connectivity index (χ4v) is 1.20. The number of hydrogen-bond acceptors (Lipinski definition) is 0. The summed E-state index contributed by atoms with van der Waals surface area (Å²) in [6.07, 6.45) is 4.56. The molecule has 0 bridgehead atoms. The molecule has 0 spiro atoms. The predicted octanol–water partition coefficient (Wildman–Crippen LogP) is 3.36. The van der Waals surface area contributed by atoms with Gasteiger partial charge in [-0.2, -0.15) is 0 Å². The van der Waals surface area contributed by atoms with Crippen LogP contribution in [-0.4, -0.2) is 0 Å². The summed E-state index contributed by atoms with van der Waals surface area (Å²) in [4.78, 5) is 0. The van der Waals surface area contributed by atoms with Crippen LogP contribution in [0, 0.1) is 0 Å². The van der Waals surface area contributed by atoms with E-state index in [1.54, 1.807) is 0 Å². The molecular weight excluding hydrogens is 127 g/mol. The first kappa shape index (κ1) is 7.52. The minimum absolute atomic E-state index is 0.0669. The molecule has 0 aromatic heterocycles. The molecule has 0 radical (unpaired) electrons. The van der Waals surface area contributed by atoms with Crippen LogP contribution in [0.2, 0.25) is 0 Å². The van der Waals surface area contributed by atoms with Gasteiger partial charge in [-0.3, -0.25) is 0 Å². The average Bonchev–Trinajstić information content (AvgIpc) is 1.95. The molecule has 0 aromatic carbocycles. The molecule has 0 amide bonds. The fourth-order valence-electron chi connectivity index (χ4n) is 1.20. The first-order chi connectivity index (χ1) is 4.74. The van der Waals surface area contributed by atoms with E-state index in [2.05, 4.69) is 6.92 Å². The van der Waals surface area contributed by atoms with Gasteiger partial charge in [0.15, 0.2) is 0 Å². The lowest BCUT2D eigenvalue weighted by molar-refractivity contribution is 0.569. The molecule has 0 atom stereocenters. The molecule has 1 aliphatic carbocycles. The lowest BCUT2D eigenvalue weighted by atomic mass is 9.98. The van der Waals surface area contributed by atoms with E-state index in [0.29, 0.717) is 6.42 Å². The van der Waals surface area contributed by atoms with Gasteiger partial charge in [0.05, 0.1) is 0 Å². The van der Waals surface area contributed by atoms with Crippen LogP contribution in [0.3, 0.4) is 0 Å². The van der Waals surface area contributed by atoms with Gasteiger partial charge in [0, 0.05) is 6.42 Å². The van der Waals surface area contributed by atoms with E-state index >= 15 is 0 Å². The average molecular weight is 140 g/mol. The maximum absolute atomic E-state index is 12.7. The first-order valence-electron chi connectivity index (χ1n) is 3.78. The normalized spacial score (nSPS) is 19.3. The number of allylic oxidation sites excluding steroid dienone is 4. The topological polar surface area (TPSA) is 0 Å². The summed E-state index contributed by atoms with van der Waals surface area (Å²) in [6.45, 7) is 3.95. The van der Waals surface area contributed by atoms with Crippen molar-refractivity contribution >= 4 is 0 Å². The molecule has 0 saturated carbocycles. The number of hydrogen-bond donors (Lipinski definition) is 0. The Morgan fingerprint density at radius 2 is 2.20 bits per heavy atom. The van der Waals surface area contributed by atoms with Crippen molar-refractivity contribution in [2.45, 2.75) is 33.1 Å². The van der Waals surface area contributed by atoms with Crippen LogP contribution in [-0.2, 0) is 0 Å².